The van der Waals surface area contributed by atoms with E-state index in [1.807, 2.05) is 12.1 Å². The number of aliphatic imine (C=N–C) groups is 1. The van der Waals surface area contributed by atoms with Crippen molar-refractivity contribution in [1.29, 1.82) is 0 Å². The van der Waals surface area contributed by atoms with Gasteiger partial charge in [-0.05, 0) is 36.2 Å². The number of nitrogens with zero attached hydrogens (tertiary/aromatic N) is 2. The van der Waals surface area contributed by atoms with Crippen molar-refractivity contribution in [2.75, 3.05) is 13.7 Å². The van der Waals surface area contributed by atoms with Crippen LogP contribution in [0.15, 0.2) is 66.7 Å². The maximum Gasteiger partial charge on any atom is 0.269 e. The first kappa shape index (κ1) is 18.9. The minimum atomic E-state index is -0.443. The van der Waals surface area contributed by atoms with Gasteiger partial charge in [-0.3, -0.25) is 15.1 Å². The summed E-state index contributed by atoms with van der Waals surface area (Å²) in [5, 5.41) is 10.7. The van der Waals surface area contributed by atoms with E-state index in [0.29, 0.717) is 30.2 Å². The molecule has 6 nitrogen and oxygen atoms in total. The van der Waals surface area contributed by atoms with E-state index in [1.54, 1.807) is 37.6 Å². The zero-order chi connectivity index (χ0) is 18.9. The van der Waals surface area contributed by atoms with Crippen LogP contribution in [0.3, 0.4) is 0 Å². The summed E-state index contributed by atoms with van der Waals surface area (Å²) in [6.45, 7) is 7.80. The zero-order valence-electron chi connectivity index (χ0n) is 14.6. The summed E-state index contributed by atoms with van der Waals surface area (Å²) in [6.07, 6.45) is 5.74. The predicted molar refractivity (Wildman–Crippen MR) is 103 cm³/mol. The maximum absolute atomic E-state index is 10.7. The molecule has 2 aromatic carbocycles. The molecule has 2 aromatic rings. The number of allylic oxidation sites excluding steroid dienone is 1. The van der Waals surface area contributed by atoms with E-state index in [1.165, 1.54) is 12.1 Å². The number of hydrogen-bond acceptors (Lipinski definition) is 5. The van der Waals surface area contributed by atoms with Gasteiger partial charge >= 0.3 is 0 Å². The Hall–Kier alpha value is -3.41. The lowest BCUT2D eigenvalue weighted by Crippen LogP contribution is -2.01. The van der Waals surface area contributed by atoms with E-state index in [9.17, 15) is 10.1 Å². The van der Waals surface area contributed by atoms with Gasteiger partial charge in [0, 0.05) is 23.9 Å². The smallest absolute Gasteiger partial charge is 0.269 e. The molecule has 0 aliphatic rings. The van der Waals surface area contributed by atoms with Crippen LogP contribution < -0.4 is 9.47 Å². The van der Waals surface area contributed by atoms with Crippen molar-refractivity contribution >= 4 is 17.6 Å². The van der Waals surface area contributed by atoms with Crippen molar-refractivity contribution in [3.8, 4) is 11.5 Å². The second kappa shape index (κ2) is 9.17. The largest absolute Gasteiger partial charge is 0.493 e. The van der Waals surface area contributed by atoms with Crippen LogP contribution >= 0.6 is 0 Å². The molecule has 0 amide bonds. The van der Waals surface area contributed by atoms with Crippen LogP contribution in [0.2, 0.25) is 0 Å². The van der Waals surface area contributed by atoms with E-state index >= 15 is 0 Å². The van der Waals surface area contributed by atoms with Crippen LogP contribution in [-0.2, 0) is 6.42 Å². The standard InChI is InChI=1S/C20H20N2O4/c1-4-6-16-12-15(13-19(25-3)20(16)26-11-5-2)14-21-17-7-9-18(10-8-17)22(23)24/h4-5,7-10,12-14H,1-2,6,11H2,3H3. The summed E-state index contributed by atoms with van der Waals surface area (Å²) >= 11 is 0. The number of ether oxygens (including phenoxy) is 2. The molecule has 134 valence electrons. The first-order valence-electron chi connectivity index (χ1n) is 7.93. The number of non-ortho nitro benzene ring substituents is 1. The van der Waals surface area contributed by atoms with Crippen LogP contribution in [-0.4, -0.2) is 24.9 Å². The van der Waals surface area contributed by atoms with Gasteiger partial charge in [0.25, 0.3) is 5.69 Å². The Labute approximate surface area is 152 Å². The van der Waals surface area contributed by atoms with Gasteiger partial charge in [0.2, 0.25) is 0 Å². The Kier molecular flexibility index (Phi) is 6.68. The minimum absolute atomic E-state index is 0.0302. The Morgan fingerprint density at radius 3 is 2.50 bits per heavy atom. The van der Waals surface area contributed by atoms with E-state index in [0.717, 1.165) is 11.1 Å². The molecule has 0 aliphatic carbocycles. The molecule has 0 saturated carbocycles. The molecule has 0 aliphatic heterocycles. The Morgan fingerprint density at radius 2 is 1.92 bits per heavy atom. The lowest BCUT2D eigenvalue weighted by molar-refractivity contribution is -0.384. The predicted octanol–water partition coefficient (Wildman–Crippen LogP) is 4.65. The first-order valence-corrected chi connectivity index (χ1v) is 7.93. The summed E-state index contributed by atoms with van der Waals surface area (Å²) in [7, 11) is 1.57. The molecule has 0 atom stereocenters. The molecule has 0 bridgehead atoms. The van der Waals surface area contributed by atoms with E-state index in [4.69, 9.17) is 9.47 Å². The van der Waals surface area contributed by atoms with Crippen LogP contribution in [0.4, 0.5) is 11.4 Å². The Morgan fingerprint density at radius 1 is 1.19 bits per heavy atom. The van der Waals surface area contributed by atoms with Crippen LogP contribution in [0.5, 0.6) is 11.5 Å². The van der Waals surface area contributed by atoms with Gasteiger partial charge in [-0.2, -0.15) is 0 Å². The maximum atomic E-state index is 10.7. The molecule has 0 spiro atoms. The molecule has 0 fully saturated rings. The number of nitro groups is 1. The summed E-state index contributed by atoms with van der Waals surface area (Å²) in [5.41, 5.74) is 2.39. The molecular formula is C20H20N2O4. The number of methoxy groups -OCH3 is 1. The summed E-state index contributed by atoms with van der Waals surface area (Å²) in [4.78, 5) is 14.6. The summed E-state index contributed by atoms with van der Waals surface area (Å²) in [6, 6.07) is 9.79. The van der Waals surface area contributed by atoms with Gasteiger partial charge < -0.3 is 9.47 Å². The molecule has 0 heterocycles. The number of rotatable bonds is 9. The minimum Gasteiger partial charge on any atom is -0.493 e. The second-order valence-electron chi connectivity index (χ2n) is 5.34. The number of hydrogen-bond donors (Lipinski definition) is 0. The van der Waals surface area contributed by atoms with Gasteiger partial charge in [0.1, 0.15) is 6.61 Å². The number of nitro benzene ring substituents is 1. The molecule has 0 unspecified atom stereocenters. The molecule has 0 N–H and O–H groups in total. The SMILES string of the molecule is C=CCOc1c(CC=C)cc(C=Nc2ccc([N+](=O)[O-])cc2)cc1OC. The fourth-order valence-corrected chi connectivity index (χ4v) is 2.33. The molecule has 2 rings (SSSR count). The lowest BCUT2D eigenvalue weighted by atomic mass is 10.1. The molecule has 0 saturated heterocycles. The molecule has 26 heavy (non-hydrogen) atoms. The van der Waals surface area contributed by atoms with Gasteiger partial charge in [0.05, 0.1) is 17.7 Å². The fraction of sp³-hybridized carbons (Fsp3) is 0.150. The van der Waals surface area contributed by atoms with Gasteiger partial charge in [-0.25, -0.2) is 0 Å². The quantitative estimate of drug-likeness (QED) is 0.285. The summed E-state index contributed by atoms with van der Waals surface area (Å²) in [5.74, 6) is 1.25. The Balaban J connectivity index is 2.33. The number of benzene rings is 2. The first-order chi connectivity index (χ1) is 12.6. The van der Waals surface area contributed by atoms with E-state index in [2.05, 4.69) is 18.2 Å². The molecule has 6 heteroatoms. The monoisotopic (exact) mass is 352 g/mol. The van der Waals surface area contributed by atoms with Crippen molar-refractivity contribution in [2.24, 2.45) is 4.99 Å². The molecule has 0 aromatic heterocycles. The highest BCUT2D eigenvalue weighted by Gasteiger charge is 2.12. The average Bonchev–Trinajstić information content (AvgIpc) is 2.65. The van der Waals surface area contributed by atoms with E-state index in [-0.39, 0.29) is 5.69 Å². The Bertz CT molecular complexity index is 826. The van der Waals surface area contributed by atoms with Crippen molar-refractivity contribution in [1.82, 2.24) is 0 Å². The van der Waals surface area contributed by atoms with Crippen molar-refractivity contribution in [3.63, 3.8) is 0 Å². The zero-order valence-corrected chi connectivity index (χ0v) is 14.6. The third-order valence-electron chi connectivity index (χ3n) is 3.51. The van der Waals surface area contributed by atoms with Gasteiger partial charge in [0.15, 0.2) is 11.5 Å². The molecule has 0 radical (unpaired) electrons. The van der Waals surface area contributed by atoms with Crippen LogP contribution in [0.25, 0.3) is 0 Å². The normalized spacial score (nSPS) is 10.5. The van der Waals surface area contributed by atoms with Crippen molar-refractivity contribution < 1.29 is 14.4 Å². The third-order valence-corrected chi connectivity index (χ3v) is 3.51. The van der Waals surface area contributed by atoms with Crippen LogP contribution in [0, 0.1) is 10.1 Å². The van der Waals surface area contributed by atoms with Gasteiger partial charge in [-0.15, -0.1) is 6.58 Å². The van der Waals surface area contributed by atoms with Crippen LogP contribution in [0.1, 0.15) is 11.1 Å². The summed E-state index contributed by atoms with van der Waals surface area (Å²) < 4.78 is 11.1. The van der Waals surface area contributed by atoms with E-state index < -0.39 is 4.92 Å². The lowest BCUT2D eigenvalue weighted by Gasteiger charge is -2.14. The fourth-order valence-electron chi connectivity index (χ4n) is 2.33. The second-order valence-corrected chi connectivity index (χ2v) is 5.34. The average molecular weight is 352 g/mol. The third kappa shape index (κ3) is 4.80. The highest BCUT2D eigenvalue weighted by molar-refractivity contribution is 5.84. The highest BCUT2D eigenvalue weighted by atomic mass is 16.6. The highest BCUT2D eigenvalue weighted by Crippen LogP contribution is 2.33. The molecular weight excluding hydrogens is 332 g/mol. The topological polar surface area (TPSA) is 74.0 Å². The van der Waals surface area contributed by atoms with Crippen molar-refractivity contribution in [2.45, 2.75) is 6.42 Å². The van der Waals surface area contributed by atoms with Crippen molar-refractivity contribution in [3.05, 3.63) is 82.9 Å². The van der Waals surface area contributed by atoms with Gasteiger partial charge in [-0.1, -0.05) is 18.7 Å².